The maximum Gasteiger partial charge on any atom is 0.165 e. The number of ether oxygens (including phenoxy) is 2. The summed E-state index contributed by atoms with van der Waals surface area (Å²) < 4.78 is 24.5. The molecule has 2 unspecified atom stereocenters. The number of fused-ring (bicyclic) bond motifs is 1. The Hall–Kier alpha value is -1.55. The van der Waals surface area contributed by atoms with Gasteiger partial charge < -0.3 is 9.47 Å². The van der Waals surface area contributed by atoms with E-state index in [1.54, 1.807) is 6.07 Å². The minimum atomic E-state index is -0.349. The van der Waals surface area contributed by atoms with Gasteiger partial charge in [-0.15, -0.1) is 0 Å². The van der Waals surface area contributed by atoms with Gasteiger partial charge in [0.05, 0.1) is 11.9 Å². The van der Waals surface area contributed by atoms with Crippen molar-refractivity contribution in [2.45, 2.75) is 24.3 Å². The van der Waals surface area contributed by atoms with Crippen molar-refractivity contribution < 1.29 is 13.9 Å². The molecule has 0 N–H and O–H groups in total. The number of benzene rings is 2. The van der Waals surface area contributed by atoms with Gasteiger partial charge >= 0.3 is 0 Å². The Kier molecular flexibility index (Phi) is 3.89. The number of hydrogen-bond acceptors (Lipinski definition) is 2. The minimum Gasteiger partial charge on any atom is -0.494 e. The van der Waals surface area contributed by atoms with Crippen LogP contribution in [0.4, 0.5) is 4.39 Å². The van der Waals surface area contributed by atoms with Gasteiger partial charge in [-0.05, 0) is 41.8 Å². The van der Waals surface area contributed by atoms with E-state index < -0.39 is 0 Å². The Morgan fingerprint density at radius 3 is 2.67 bits per heavy atom. The van der Waals surface area contributed by atoms with Gasteiger partial charge in [0.2, 0.25) is 0 Å². The molecule has 110 valence electrons. The van der Waals surface area contributed by atoms with Gasteiger partial charge in [0.25, 0.3) is 0 Å². The molecule has 0 aliphatic carbocycles. The smallest absolute Gasteiger partial charge is 0.165 e. The van der Waals surface area contributed by atoms with Crippen molar-refractivity contribution in [1.29, 1.82) is 0 Å². The molecule has 0 fully saturated rings. The van der Waals surface area contributed by atoms with Crippen molar-refractivity contribution in [2.75, 3.05) is 7.11 Å². The maximum atomic E-state index is 13.8. The van der Waals surface area contributed by atoms with Crippen LogP contribution in [0.25, 0.3) is 0 Å². The van der Waals surface area contributed by atoms with Gasteiger partial charge in [0.1, 0.15) is 11.9 Å². The molecule has 0 bridgehead atoms. The summed E-state index contributed by atoms with van der Waals surface area (Å²) in [5.74, 6) is 0.860. The zero-order valence-electron chi connectivity index (χ0n) is 11.9. The van der Waals surface area contributed by atoms with Gasteiger partial charge in [-0.3, -0.25) is 0 Å². The Morgan fingerprint density at radius 1 is 1.24 bits per heavy atom. The molecule has 2 aromatic carbocycles. The maximum absolute atomic E-state index is 13.8. The fraction of sp³-hybridized carbons (Fsp3) is 0.294. The fourth-order valence-electron chi connectivity index (χ4n) is 2.63. The molecule has 0 saturated heterocycles. The number of halogens is 2. The zero-order chi connectivity index (χ0) is 15.0. The molecule has 2 atom stereocenters. The topological polar surface area (TPSA) is 18.5 Å². The average molecular weight is 351 g/mol. The molecule has 0 amide bonds. The molecule has 2 nitrogen and oxygen atoms in total. The lowest BCUT2D eigenvalue weighted by atomic mass is 10.0. The van der Waals surface area contributed by atoms with E-state index in [1.165, 1.54) is 18.7 Å². The van der Waals surface area contributed by atoms with Crippen LogP contribution in [0.15, 0.2) is 36.4 Å². The molecule has 2 aromatic rings. The first-order chi connectivity index (χ1) is 10.1. The standard InChI is InChI=1S/C17H16BrFO2/c1-10-7-13-8-11(3-5-15(13)21-10)17(18)12-4-6-16(20-2)14(19)9-12/h3-6,8-10,17H,7H2,1-2H3. The summed E-state index contributed by atoms with van der Waals surface area (Å²) in [4.78, 5) is -0.0564. The van der Waals surface area contributed by atoms with E-state index in [2.05, 4.69) is 28.9 Å². The normalized spacial score (nSPS) is 18.0. The molecule has 1 heterocycles. The summed E-state index contributed by atoms with van der Waals surface area (Å²) in [7, 11) is 1.46. The van der Waals surface area contributed by atoms with Crippen LogP contribution in [0.1, 0.15) is 28.4 Å². The van der Waals surface area contributed by atoms with E-state index in [0.717, 1.165) is 23.3 Å². The number of alkyl halides is 1. The second-order valence-electron chi connectivity index (χ2n) is 5.26. The summed E-state index contributed by atoms with van der Waals surface area (Å²) in [6, 6.07) is 11.1. The van der Waals surface area contributed by atoms with E-state index in [4.69, 9.17) is 9.47 Å². The Labute approximate surface area is 132 Å². The molecule has 1 aliphatic rings. The van der Waals surface area contributed by atoms with Crippen LogP contribution in [0.3, 0.4) is 0 Å². The lowest BCUT2D eigenvalue weighted by Gasteiger charge is -2.13. The highest BCUT2D eigenvalue weighted by molar-refractivity contribution is 9.09. The molecular weight excluding hydrogens is 335 g/mol. The van der Waals surface area contributed by atoms with E-state index in [0.29, 0.717) is 0 Å². The average Bonchev–Trinajstić information content (AvgIpc) is 2.85. The minimum absolute atomic E-state index is 0.0564. The van der Waals surface area contributed by atoms with E-state index >= 15 is 0 Å². The molecule has 1 aliphatic heterocycles. The first-order valence-electron chi connectivity index (χ1n) is 6.85. The van der Waals surface area contributed by atoms with Crippen molar-refractivity contribution in [3.8, 4) is 11.5 Å². The van der Waals surface area contributed by atoms with Crippen LogP contribution < -0.4 is 9.47 Å². The van der Waals surface area contributed by atoms with Crippen LogP contribution in [-0.2, 0) is 6.42 Å². The molecule has 3 rings (SSSR count). The molecule has 0 aromatic heterocycles. The summed E-state index contributed by atoms with van der Waals surface area (Å²) in [6.07, 6.45) is 1.14. The Bertz CT molecular complexity index is 672. The zero-order valence-corrected chi connectivity index (χ0v) is 13.5. The predicted molar refractivity (Wildman–Crippen MR) is 84.0 cm³/mol. The van der Waals surface area contributed by atoms with E-state index in [1.807, 2.05) is 18.2 Å². The first kappa shape index (κ1) is 14.4. The van der Waals surface area contributed by atoms with E-state index in [-0.39, 0.29) is 22.5 Å². The van der Waals surface area contributed by atoms with Gasteiger partial charge in [0, 0.05) is 6.42 Å². The molecular formula is C17H16BrFO2. The van der Waals surface area contributed by atoms with E-state index in [9.17, 15) is 4.39 Å². The van der Waals surface area contributed by atoms with Crippen molar-refractivity contribution in [3.05, 3.63) is 58.9 Å². The summed E-state index contributed by atoms with van der Waals surface area (Å²) in [5, 5.41) is 0. The summed E-state index contributed by atoms with van der Waals surface area (Å²) >= 11 is 3.65. The molecule has 4 heteroatoms. The third-order valence-corrected chi connectivity index (χ3v) is 4.74. The van der Waals surface area contributed by atoms with Crippen LogP contribution >= 0.6 is 15.9 Å². The van der Waals surface area contributed by atoms with Crippen LogP contribution in [0.5, 0.6) is 11.5 Å². The Balaban J connectivity index is 1.90. The second-order valence-corrected chi connectivity index (χ2v) is 6.17. The first-order valence-corrected chi connectivity index (χ1v) is 7.77. The highest BCUT2D eigenvalue weighted by Gasteiger charge is 2.21. The highest BCUT2D eigenvalue weighted by Crippen LogP contribution is 2.37. The third kappa shape index (κ3) is 2.77. The summed E-state index contributed by atoms with van der Waals surface area (Å²) in [5.41, 5.74) is 3.16. The van der Waals surface area contributed by atoms with Crippen LogP contribution in [-0.4, -0.2) is 13.2 Å². The van der Waals surface area contributed by atoms with Crippen LogP contribution in [0, 0.1) is 5.82 Å². The second kappa shape index (κ2) is 5.68. The quantitative estimate of drug-likeness (QED) is 0.750. The van der Waals surface area contributed by atoms with Crippen molar-refractivity contribution in [2.24, 2.45) is 0 Å². The predicted octanol–water partition coefficient (Wildman–Crippen LogP) is 4.64. The lowest BCUT2D eigenvalue weighted by molar-refractivity contribution is 0.254. The third-order valence-electron chi connectivity index (χ3n) is 3.68. The molecule has 21 heavy (non-hydrogen) atoms. The van der Waals surface area contributed by atoms with Crippen LogP contribution in [0.2, 0.25) is 0 Å². The number of methoxy groups -OCH3 is 1. The molecule has 0 saturated carbocycles. The largest absolute Gasteiger partial charge is 0.494 e. The fourth-order valence-corrected chi connectivity index (χ4v) is 3.20. The van der Waals surface area contributed by atoms with Gasteiger partial charge in [-0.2, -0.15) is 0 Å². The lowest BCUT2D eigenvalue weighted by Crippen LogP contribution is -2.05. The van der Waals surface area contributed by atoms with Crippen molar-refractivity contribution in [3.63, 3.8) is 0 Å². The number of rotatable bonds is 3. The van der Waals surface area contributed by atoms with Crippen molar-refractivity contribution in [1.82, 2.24) is 0 Å². The van der Waals surface area contributed by atoms with Crippen molar-refractivity contribution >= 4 is 15.9 Å². The number of hydrogen-bond donors (Lipinski definition) is 0. The molecule has 0 spiro atoms. The van der Waals surface area contributed by atoms with Gasteiger partial charge in [0.15, 0.2) is 11.6 Å². The monoisotopic (exact) mass is 350 g/mol. The molecule has 0 radical (unpaired) electrons. The highest BCUT2D eigenvalue weighted by atomic mass is 79.9. The summed E-state index contributed by atoms with van der Waals surface area (Å²) in [6.45, 7) is 2.06. The van der Waals surface area contributed by atoms with Gasteiger partial charge in [-0.25, -0.2) is 4.39 Å². The van der Waals surface area contributed by atoms with Gasteiger partial charge in [-0.1, -0.05) is 34.1 Å². The Morgan fingerprint density at radius 2 is 1.95 bits per heavy atom. The SMILES string of the molecule is COc1ccc(C(Br)c2ccc3c(c2)CC(C)O3)cc1F.